The molecule has 1 aliphatic heterocycles. The third-order valence-corrected chi connectivity index (χ3v) is 3.38. The number of phosphoric acid groups is 1. The van der Waals surface area contributed by atoms with Gasteiger partial charge in [-0.2, -0.15) is 0 Å². The van der Waals surface area contributed by atoms with Gasteiger partial charge in [-0.1, -0.05) is 0 Å². The van der Waals surface area contributed by atoms with Gasteiger partial charge in [-0.3, -0.25) is 19.1 Å². The zero-order chi connectivity index (χ0) is 16.3. The number of pyridine rings is 1. The largest absolute Gasteiger partial charge is 0.505 e. The Bertz CT molecular complexity index is 657. The van der Waals surface area contributed by atoms with Crippen molar-refractivity contribution >= 4 is 19.9 Å². The molecule has 0 unspecified atom stereocenters. The van der Waals surface area contributed by atoms with Crippen LogP contribution in [0.15, 0.2) is 6.20 Å². The van der Waals surface area contributed by atoms with Gasteiger partial charge in [-0.25, -0.2) is 15.0 Å². The summed E-state index contributed by atoms with van der Waals surface area (Å²) in [6.07, 6.45) is 2.67. The zero-order valence-corrected chi connectivity index (χ0v) is 12.4. The number of hydroxylamine groups is 1. The number of carbonyl (C=O) groups is 1. The number of carbonyl (C=O) groups excluding carboxylic acids is 1. The van der Waals surface area contributed by atoms with Crippen LogP contribution in [0.1, 0.15) is 16.8 Å². The fraction of sp³-hybridized carbons (Fsp3) is 0.364. The molecule has 1 atom stereocenters. The van der Waals surface area contributed by atoms with Crippen molar-refractivity contribution in [1.29, 1.82) is 0 Å². The Kier molecular flexibility index (Phi) is 4.89. The Hall–Kier alpha value is -1.84. The summed E-state index contributed by atoms with van der Waals surface area (Å²) in [6, 6.07) is -0.636. The molecule has 0 bridgehead atoms. The van der Waals surface area contributed by atoms with Crippen LogP contribution in [-0.2, 0) is 25.3 Å². The molecule has 11 heteroatoms. The van der Waals surface area contributed by atoms with Crippen molar-refractivity contribution in [2.24, 2.45) is 0 Å². The Morgan fingerprint density at radius 2 is 2.36 bits per heavy atom. The van der Waals surface area contributed by atoms with Crippen molar-refractivity contribution < 1.29 is 38.6 Å². The molecule has 0 radical (unpaired) electrons. The van der Waals surface area contributed by atoms with Crippen LogP contribution in [0.2, 0.25) is 0 Å². The van der Waals surface area contributed by atoms with Gasteiger partial charge in [-0.05, 0) is 6.92 Å². The molecule has 0 aromatic carbocycles. The number of nitrogens with one attached hydrogen (secondary N) is 2. The first-order valence-corrected chi connectivity index (χ1v) is 7.69. The van der Waals surface area contributed by atoms with Crippen molar-refractivity contribution in [1.82, 2.24) is 10.5 Å². The van der Waals surface area contributed by atoms with Crippen LogP contribution in [0.25, 0.3) is 0 Å². The van der Waals surface area contributed by atoms with Crippen molar-refractivity contribution in [2.75, 3.05) is 6.61 Å². The molecule has 0 saturated carbocycles. The minimum absolute atomic E-state index is 0.106. The van der Waals surface area contributed by atoms with Crippen molar-refractivity contribution in [2.45, 2.75) is 19.6 Å². The summed E-state index contributed by atoms with van der Waals surface area (Å²) in [5, 5.41) is 10.0. The third-order valence-electron chi connectivity index (χ3n) is 2.91. The first kappa shape index (κ1) is 16.5. The summed E-state index contributed by atoms with van der Waals surface area (Å²) < 4.78 is 15.2. The molecular formula is C11H15N3O7P+. The minimum atomic E-state index is -4.66. The molecule has 5 N–H and O–H groups in total. The summed E-state index contributed by atoms with van der Waals surface area (Å²) in [5.41, 5.74) is 2.96. The molecule has 1 saturated heterocycles. The second-order valence-electron chi connectivity index (χ2n) is 4.54. The molecular weight excluding hydrogens is 317 g/mol. The number of nitrogens with zero attached hydrogens (tertiary/aromatic N) is 1. The van der Waals surface area contributed by atoms with Crippen LogP contribution in [0.5, 0.6) is 5.75 Å². The Morgan fingerprint density at radius 1 is 1.64 bits per heavy atom. The van der Waals surface area contributed by atoms with Gasteiger partial charge in [-0.15, -0.1) is 0 Å². The SMILES string of the molecule is Cc1ncc(COP(=O)(O)O)c(C=[NH+][C@@H]2CONC2=O)c1O. The van der Waals surface area contributed by atoms with E-state index in [0.717, 1.165) is 0 Å². The molecule has 0 aliphatic carbocycles. The molecule has 22 heavy (non-hydrogen) atoms. The lowest BCUT2D eigenvalue weighted by Crippen LogP contribution is -2.79. The smallest absolute Gasteiger partial charge is 0.469 e. The number of amides is 1. The van der Waals surface area contributed by atoms with Gasteiger partial charge in [0.05, 0.1) is 17.9 Å². The Balaban J connectivity index is 2.27. The lowest BCUT2D eigenvalue weighted by Gasteiger charge is -2.09. The predicted octanol–water partition coefficient (Wildman–Crippen LogP) is -2.37. The van der Waals surface area contributed by atoms with Crippen LogP contribution >= 0.6 is 7.82 Å². The average Bonchev–Trinajstić information content (AvgIpc) is 2.83. The lowest BCUT2D eigenvalue weighted by atomic mass is 10.1. The molecule has 2 rings (SSSR count). The van der Waals surface area contributed by atoms with E-state index in [9.17, 15) is 14.5 Å². The lowest BCUT2D eigenvalue weighted by molar-refractivity contribution is -0.480. The monoisotopic (exact) mass is 332 g/mol. The minimum Gasteiger partial charge on any atom is -0.505 e. The number of aromatic nitrogens is 1. The van der Waals surface area contributed by atoms with E-state index >= 15 is 0 Å². The highest BCUT2D eigenvalue weighted by Crippen LogP contribution is 2.37. The van der Waals surface area contributed by atoms with E-state index in [2.05, 4.69) is 20.0 Å². The molecule has 1 aromatic rings. The van der Waals surface area contributed by atoms with E-state index in [1.54, 1.807) is 6.92 Å². The van der Waals surface area contributed by atoms with E-state index < -0.39 is 20.5 Å². The number of hydrogen-bond donors (Lipinski definition) is 5. The number of aryl methyl sites for hydroxylation is 1. The summed E-state index contributed by atoms with van der Waals surface area (Å²) in [7, 11) is -4.66. The van der Waals surface area contributed by atoms with Gasteiger partial charge in [0.1, 0.15) is 12.4 Å². The number of phosphoric ester groups is 1. The van der Waals surface area contributed by atoms with Gasteiger partial charge < -0.3 is 14.9 Å². The molecule has 2 heterocycles. The number of hydrogen-bond acceptors (Lipinski definition) is 6. The maximum absolute atomic E-state index is 11.4. The zero-order valence-electron chi connectivity index (χ0n) is 11.5. The van der Waals surface area contributed by atoms with E-state index in [1.165, 1.54) is 12.4 Å². The summed E-state index contributed by atoms with van der Waals surface area (Å²) in [4.78, 5) is 40.3. The van der Waals surface area contributed by atoms with Crippen molar-refractivity contribution in [3.05, 3.63) is 23.0 Å². The standard InChI is InChI=1S/C11H14N3O7P/c1-6-10(15)8(3-13-9-5-20-14-11(9)16)7(2-12-6)4-21-22(17,18)19/h2-3,9,15H,4-5H2,1H3,(H,14,16)(H2,17,18,19)/p+1/t9-/m1/s1. The van der Waals surface area contributed by atoms with Gasteiger partial charge in [0.25, 0.3) is 6.04 Å². The highest BCUT2D eigenvalue weighted by molar-refractivity contribution is 7.46. The van der Waals surface area contributed by atoms with Gasteiger partial charge in [0, 0.05) is 11.8 Å². The highest BCUT2D eigenvalue weighted by Gasteiger charge is 2.29. The molecule has 120 valence electrons. The van der Waals surface area contributed by atoms with E-state index in [-0.39, 0.29) is 29.4 Å². The third kappa shape index (κ3) is 4.09. The molecule has 1 fully saturated rings. The van der Waals surface area contributed by atoms with Crippen molar-refractivity contribution in [3.63, 3.8) is 0 Å². The van der Waals surface area contributed by atoms with Gasteiger partial charge in [0.15, 0.2) is 6.21 Å². The van der Waals surface area contributed by atoms with Crippen LogP contribution < -0.4 is 10.5 Å². The number of rotatable bonds is 5. The molecule has 1 amide bonds. The second kappa shape index (κ2) is 6.51. The normalized spacial score (nSPS) is 18.9. The molecule has 1 aliphatic rings. The summed E-state index contributed by atoms with van der Waals surface area (Å²) in [5.74, 6) is -0.548. The van der Waals surface area contributed by atoms with Gasteiger partial charge in [0.2, 0.25) is 0 Å². The molecule has 10 nitrogen and oxygen atoms in total. The topological polar surface area (TPSA) is 152 Å². The van der Waals surface area contributed by atoms with Crippen LogP contribution in [-0.4, -0.2) is 44.6 Å². The first-order valence-electron chi connectivity index (χ1n) is 6.16. The quantitative estimate of drug-likeness (QED) is 0.296. The maximum Gasteiger partial charge on any atom is 0.469 e. The Morgan fingerprint density at radius 3 is 2.95 bits per heavy atom. The molecule has 1 aromatic heterocycles. The average molecular weight is 332 g/mol. The van der Waals surface area contributed by atoms with Gasteiger partial charge >= 0.3 is 13.7 Å². The second-order valence-corrected chi connectivity index (χ2v) is 5.78. The van der Waals surface area contributed by atoms with E-state index in [0.29, 0.717) is 5.69 Å². The van der Waals surface area contributed by atoms with Crippen LogP contribution in [0.3, 0.4) is 0 Å². The van der Waals surface area contributed by atoms with Crippen molar-refractivity contribution in [3.8, 4) is 5.75 Å². The number of aromatic hydroxyl groups is 1. The molecule has 0 spiro atoms. The summed E-state index contributed by atoms with van der Waals surface area (Å²) in [6.45, 7) is 1.21. The fourth-order valence-corrected chi connectivity index (χ4v) is 2.04. The van der Waals surface area contributed by atoms with E-state index in [1.807, 2.05) is 0 Å². The Labute approximate surface area is 125 Å². The predicted molar refractivity (Wildman–Crippen MR) is 71.5 cm³/mol. The van der Waals surface area contributed by atoms with Crippen LogP contribution in [0, 0.1) is 6.92 Å². The highest BCUT2D eigenvalue weighted by atomic mass is 31.2. The fourth-order valence-electron chi connectivity index (χ4n) is 1.73. The summed E-state index contributed by atoms with van der Waals surface area (Å²) >= 11 is 0. The van der Waals surface area contributed by atoms with Crippen LogP contribution in [0.4, 0.5) is 0 Å². The van der Waals surface area contributed by atoms with E-state index in [4.69, 9.17) is 14.6 Å². The maximum atomic E-state index is 11.4. The first-order chi connectivity index (χ1) is 10.3.